The summed E-state index contributed by atoms with van der Waals surface area (Å²) < 4.78 is 11.0. The molecule has 1 saturated carbocycles. The van der Waals surface area contributed by atoms with E-state index in [-0.39, 0.29) is 25.0 Å². The maximum atomic E-state index is 12.8. The average Bonchev–Trinajstić information content (AvgIpc) is 3.06. The first-order chi connectivity index (χ1) is 12.7. The summed E-state index contributed by atoms with van der Waals surface area (Å²) in [6.45, 7) is 0.326. The molecule has 0 bridgehead atoms. The molecule has 0 N–H and O–H groups in total. The molecule has 0 heterocycles. The van der Waals surface area contributed by atoms with Crippen LogP contribution in [-0.4, -0.2) is 11.9 Å². The molecule has 0 saturated heterocycles. The normalized spacial score (nSPS) is 21.7. The van der Waals surface area contributed by atoms with Crippen molar-refractivity contribution >= 4 is 11.9 Å². The van der Waals surface area contributed by atoms with Crippen LogP contribution in [0.4, 0.5) is 0 Å². The number of benzene rings is 2. The standard InChI is InChI=1S/C22H20O4/c23-20(25-14-16-8-3-1-4-9-16)22(18-12-7-13-19(18)22)21(24)26-15-17-10-5-2-6-11-17/h1-12,18-19H,13-15H2. The topological polar surface area (TPSA) is 52.6 Å². The highest BCUT2D eigenvalue weighted by molar-refractivity contribution is 6.05. The molecule has 1 fully saturated rings. The van der Waals surface area contributed by atoms with E-state index in [1.54, 1.807) is 0 Å². The second-order valence-corrected chi connectivity index (χ2v) is 6.79. The van der Waals surface area contributed by atoms with Crippen molar-refractivity contribution in [2.45, 2.75) is 19.6 Å². The molecule has 4 rings (SSSR count). The predicted octanol–water partition coefficient (Wildman–Crippen LogP) is 3.67. The number of esters is 2. The van der Waals surface area contributed by atoms with Gasteiger partial charge in [-0.15, -0.1) is 0 Å². The zero-order chi connectivity index (χ0) is 18.0. The first kappa shape index (κ1) is 16.6. The summed E-state index contributed by atoms with van der Waals surface area (Å²) in [5.41, 5.74) is 0.628. The molecule has 4 heteroatoms. The second-order valence-electron chi connectivity index (χ2n) is 6.79. The minimum atomic E-state index is -1.17. The van der Waals surface area contributed by atoms with E-state index < -0.39 is 17.4 Å². The number of ether oxygens (including phenoxy) is 2. The molecule has 4 nitrogen and oxygen atoms in total. The molecule has 0 aromatic heterocycles. The third kappa shape index (κ3) is 2.81. The van der Waals surface area contributed by atoms with E-state index >= 15 is 0 Å². The molecule has 0 amide bonds. The summed E-state index contributed by atoms with van der Waals surface area (Å²) in [5, 5.41) is 0. The molecule has 2 aromatic carbocycles. The zero-order valence-electron chi connectivity index (χ0n) is 14.3. The van der Waals surface area contributed by atoms with Crippen LogP contribution < -0.4 is 0 Å². The molecule has 0 aliphatic heterocycles. The van der Waals surface area contributed by atoms with E-state index in [0.717, 1.165) is 11.1 Å². The maximum absolute atomic E-state index is 12.8. The number of allylic oxidation sites excluding steroid dienone is 2. The van der Waals surface area contributed by atoms with Crippen molar-refractivity contribution < 1.29 is 19.1 Å². The Bertz CT molecular complexity index is 770. The SMILES string of the molecule is O=C(OCc1ccccc1)C1(C(=O)OCc2ccccc2)C2C=CCC21. The van der Waals surface area contributed by atoms with Crippen molar-refractivity contribution in [3.8, 4) is 0 Å². The fourth-order valence-corrected chi connectivity index (χ4v) is 3.82. The van der Waals surface area contributed by atoms with Crippen LogP contribution in [0.15, 0.2) is 72.8 Å². The van der Waals surface area contributed by atoms with Crippen LogP contribution in [0, 0.1) is 17.3 Å². The highest BCUT2D eigenvalue weighted by Crippen LogP contribution is 2.65. The summed E-state index contributed by atoms with van der Waals surface area (Å²) >= 11 is 0. The summed E-state index contributed by atoms with van der Waals surface area (Å²) in [6, 6.07) is 18.9. The predicted molar refractivity (Wildman–Crippen MR) is 95.6 cm³/mol. The van der Waals surface area contributed by atoms with Crippen molar-refractivity contribution in [3.63, 3.8) is 0 Å². The number of carbonyl (C=O) groups is 2. The average molecular weight is 348 g/mol. The van der Waals surface area contributed by atoms with Gasteiger partial charge in [0.25, 0.3) is 0 Å². The number of carbonyl (C=O) groups excluding carboxylic acids is 2. The first-order valence-corrected chi connectivity index (χ1v) is 8.82. The van der Waals surface area contributed by atoms with E-state index in [9.17, 15) is 9.59 Å². The minimum absolute atomic E-state index is 0.0333. The second kappa shape index (κ2) is 6.79. The molecule has 0 spiro atoms. The molecule has 2 aliphatic rings. The van der Waals surface area contributed by atoms with E-state index in [1.165, 1.54) is 0 Å². The Morgan fingerprint density at radius 2 is 1.35 bits per heavy atom. The molecule has 2 atom stereocenters. The summed E-state index contributed by atoms with van der Waals surface area (Å²) in [5.74, 6) is -1.08. The van der Waals surface area contributed by atoms with Gasteiger partial charge in [-0.3, -0.25) is 9.59 Å². The quantitative estimate of drug-likeness (QED) is 0.454. The van der Waals surface area contributed by atoms with Crippen molar-refractivity contribution in [2.75, 3.05) is 0 Å². The van der Waals surface area contributed by atoms with Crippen molar-refractivity contribution in [3.05, 3.63) is 83.9 Å². The number of fused-ring (bicyclic) bond motifs is 1. The van der Waals surface area contributed by atoms with Gasteiger partial charge < -0.3 is 9.47 Å². The third-order valence-corrected chi connectivity index (χ3v) is 5.27. The Kier molecular flexibility index (Phi) is 4.33. The van der Waals surface area contributed by atoms with Gasteiger partial charge in [0.1, 0.15) is 13.2 Å². The maximum Gasteiger partial charge on any atom is 0.324 e. The molecule has 2 aliphatic carbocycles. The van der Waals surface area contributed by atoms with Gasteiger partial charge in [-0.25, -0.2) is 0 Å². The highest BCUT2D eigenvalue weighted by Gasteiger charge is 2.76. The van der Waals surface area contributed by atoms with Crippen LogP contribution in [0.5, 0.6) is 0 Å². The van der Waals surface area contributed by atoms with E-state index in [0.29, 0.717) is 6.42 Å². The molecule has 2 unspecified atom stereocenters. The van der Waals surface area contributed by atoms with Gasteiger partial charge in [-0.2, -0.15) is 0 Å². The summed E-state index contributed by atoms with van der Waals surface area (Å²) in [6.07, 6.45) is 4.67. The lowest BCUT2D eigenvalue weighted by atomic mass is 9.98. The van der Waals surface area contributed by atoms with Gasteiger partial charge in [-0.05, 0) is 23.5 Å². The van der Waals surface area contributed by atoms with Crippen LogP contribution in [0.25, 0.3) is 0 Å². The van der Waals surface area contributed by atoms with E-state index in [2.05, 4.69) is 0 Å². The van der Waals surface area contributed by atoms with Crippen LogP contribution in [0.3, 0.4) is 0 Å². The molecule has 26 heavy (non-hydrogen) atoms. The Labute approximate surface area is 152 Å². The van der Waals surface area contributed by atoms with Gasteiger partial charge in [0.05, 0.1) is 0 Å². The van der Waals surface area contributed by atoms with Gasteiger partial charge in [0.15, 0.2) is 5.41 Å². The van der Waals surface area contributed by atoms with Gasteiger partial charge in [0.2, 0.25) is 0 Å². The van der Waals surface area contributed by atoms with Gasteiger partial charge >= 0.3 is 11.9 Å². The van der Waals surface area contributed by atoms with E-state index in [1.807, 2.05) is 72.8 Å². The number of hydrogen-bond acceptors (Lipinski definition) is 4. The fourth-order valence-electron chi connectivity index (χ4n) is 3.82. The molecular weight excluding hydrogens is 328 g/mol. The smallest absolute Gasteiger partial charge is 0.324 e. The van der Waals surface area contributed by atoms with Crippen molar-refractivity contribution in [1.82, 2.24) is 0 Å². The third-order valence-electron chi connectivity index (χ3n) is 5.27. The first-order valence-electron chi connectivity index (χ1n) is 8.82. The number of rotatable bonds is 6. The van der Waals surface area contributed by atoms with Crippen LogP contribution >= 0.6 is 0 Å². The minimum Gasteiger partial charge on any atom is -0.460 e. The molecule has 2 aromatic rings. The largest absolute Gasteiger partial charge is 0.460 e. The monoisotopic (exact) mass is 348 g/mol. The van der Waals surface area contributed by atoms with Crippen LogP contribution in [0.1, 0.15) is 17.5 Å². The molecule has 0 radical (unpaired) electrons. The summed E-state index contributed by atoms with van der Waals surface area (Å²) in [7, 11) is 0. The van der Waals surface area contributed by atoms with Crippen LogP contribution in [0.2, 0.25) is 0 Å². The van der Waals surface area contributed by atoms with Gasteiger partial charge in [-0.1, -0.05) is 72.8 Å². The van der Waals surface area contributed by atoms with Crippen molar-refractivity contribution in [2.24, 2.45) is 17.3 Å². The lowest BCUT2D eigenvalue weighted by Gasteiger charge is -2.17. The Balaban J connectivity index is 1.45. The fraction of sp³-hybridized carbons (Fsp3) is 0.273. The zero-order valence-corrected chi connectivity index (χ0v) is 14.3. The van der Waals surface area contributed by atoms with Crippen molar-refractivity contribution in [1.29, 1.82) is 0 Å². The van der Waals surface area contributed by atoms with Gasteiger partial charge in [0, 0.05) is 5.92 Å². The summed E-state index contributed by atoms with van der Waals surface area (Å²) in [4.78, 5) is 25.6. The lowest BCUT2D eigenvalue weighted by Crippen LogP contribution is -2.33. The molecule has 132 valence electrons. The Hall–Kier alpha value is -2.88. The Morgan fingerprint density at radius 1 is 0.846 bits per heavy atom. The Morgan fingerprint density at radius 3 is 1.77 bits per heavy atom. The highest BCUT2D eigenvalue weighted by atomic mass is 16.6. The number of hydrogen-bond donors (Lipinski definition) is 0. The lowest BCUT2D eigenvalue weighted by molar-refractivity contribution is -0.167. The molecular formula is C22H20O4. The van der Waals surface area contributed by atoms with E-state index in [4.69, 9.17) is 9.47 Å². The van der Waals surface area contributed by atoms with Crippen LogP contribution in [-0.2, 0) is 32.3 Å².